The summed E-state index contributed by atoms with van der Waals surface area (Å²) < 4.78 is 29.4. The van der Waals surface area contributed by atoms with Crippen molar-refractivity contribution in [2.75, 3.05) is 5.73 Å². The molecular weight excluding hydrogens is 254 g/mol. The van der Waals surface area contributed by atoms with Crippen LogP contribution < -0.4 is 5.73 Å². The van der Waals surface area contributed by atoms with Gasteiger partial charge in [0, 0.05) is 5.69 Å². The van der Waals surface area contributed by atoms with E-state index in [9.17, 15) is 8.42 Å². The topological polar surface area (TPSA) is 155 Å². The van der Waals surface area contributed by atoms with E-state index in [0.29, 0.717) is 5.69 Å². The van der Waals surface area contributed by atoms with E-state index >= 15 is 0 Å². The Bertz CT molecular complexity index is 493. The van der Waals surface area contributed by atoms with E-state index in [-0.39, 0.29) is 4.90 Å². The highest BCUT2D eigenvalue weighted by Gasteiger charge is 2.07. The van der Waals surface area contributed by atoms with Crippen LogP contribution >= 0.6 is 0 Å². The molecule has 1 rings (SSSR count). The predicted molar refractivity (Wildman–Crippen MR) is 55.9 cm³/mol. The Labute approximate surface area is 96.0 Å². The molecule has 0 aromatic heterocycles. The van der Waals surface area contributed by atoms with Crippen LogP contribution in [0.5, 0.6) is 0 Å². The Morgan fingerprint density at radius 2 is 1.35 bits per heavy atom. The second kappa shape index (κ2) is 5.82. The third kappa shape index (κ3) is 6.12. The maximum atomic E-state index is 10.5. The number of carboxylic acids is 2. The summed E-state index contributed by atoms with van der Waals surface area (Å²) in [5.74, 6) is -3.65. The monoisotopic (exact) mass is 263 g/mol. The molecule has 17 heavy (non-hydrogen) atoms. The van der Waals surface area contributed by atoms with Crippen LogP contribution in [0.4, 0.5) is 5.69 Å². The fraction of sp³-hybridized carbons (Fsp3) is 0. The van der Waals surface area contributed by atoms with Crippen LogP contribution in [0, 0.1) is 0 Å². The second-order valence-electron chi connectivity index (χ2n) is 2.65. The molecule has 0 aliphatic heterocycles. The Kier molecular flexibility index (Phi) is 5.09. The van der Waals surface area contributed by atoms with Gasteiger partial charge in [-0.3, -0.25) is 4.55 Å². The van der Waals surface area contributed by atoms with Crippen molar-refractivity contribution in [1.29, 1.82) is 0 Å². The Balaban J connectivity index is 0.000000366. The molecule has 0 saturated heterocycles. The number of hydrogen-bond donors (Lipinski definition) is 4. The highest BCUT2D eigenvalue weighted by atomic mass is 32.2. The summed E-state index contributed by atoms with van der Waals surface area (Å²) in [4.78, 5) is 18.1. The van der Waals surface area contributed by atoms with Gasteiger partial charge in [0.05, 0.1) is 4.90 Å². The van der Waals surface area contributed by atoms with Crippen molar-refractivity contribution in [3.8, 4) is 0 Å². The molecule has 0 atom stereocenters. The maximum absolute atomic E-state index is 10.5. The Hall–Kier alpha value is -2.13. The van der Waals surface area contributed by atoms with Crippen LogP contribution in [0.3, 0.4) is 0 Å². The summed E-state index contributed by atoms with van der Waals surface area (Å²) >= 11 is 0. The molecule has 0 heterocycles. The van der Waals surface area contributed by atoms with E-state index in [0.717, 1.165) is 0 Å². The fourth-order valence-corrected chi connectivity index (χ4v) is 1.12. The standard InChI is InChI=1S/C6H7NO3S.C2H2O4/c7-5-1-3-6(4-2-5)11(8,9)10;3-1(4)2(5)6/h1-4H,7H2,(H,8,9,10);(H,3,4)(H,5,6). The Morgan fingerprint density at radius 3 is 1.59 bits per heavy atom. The zero-order valence-corrected chi connectivity index (χ0v) is 9.09. The lowest BCUT2D eigenvalue weighted by molar-refractivity contribution is -0.159. The van der Waals surface area contributed by atoms with Crippen molar-refractivity contribution in [2.45, 2.75) is 4.90 Å². The second-order valence-corrected chi connectivity index (χ2v) is 4.08. The van der Waals surface area contributed by atoms with Gasteiger partial charge in [0.1, 0.15) is 0 Å². The molecule has 0 bridgehead atoms. The highest BCUT2D eigenvalue weighted by molar-refractivity contribution is 7.85. The van der Waals surface area contributed by atoms with Crippen molar-refractivity contribution in [2.24, 2.45) is 0 Å². The number of rotatable bonds is 1. The third-order valence-corrected chi connectivity index (χ3v) is 2.23. The quantitative estimate of drug-likeness (QED) is 0.305. The van der Waals surface area contributed by atoms with E-state index in [2.05, 4.69) is 0 Å². The minimum atomic E-state index is -4.08. The SMILES string of the molecule is Nc1ccc(S(=O)(=O)O)cc1.O=C(O)C(=O)O. The van der Waals surface area contributed by atoms with Crippen molar-refractivity contribution in [3.63, 3.8) is 0 Å². The third-order valence-electron chi connectivity index (χ3n) is 1.36. The van der Waals surface area contributed by atoms with Crippen molar-refractivity contribution in [3.05, 3.63) is 24.3 Å². The molecule has 0 unspecified atom stereocenters. The number of carbonyl (C=O) groups is 2. The smallest absolute Gasteiger partial charge is 0.414 e. The molecular formula is C8H9NO7S. The average molecular weight is 263 g/mol. The van der Waals surface area contributed by atoms with Crippen molar-refractivity contribution in [1.82, 2.24) is 0 Å². The molecule has 8 nitrogen and oxygen atoms in total. The van der Waals surface area contributed by atoms with E-state index in [4.69, 9.17) is 30.1 Å². The number of carboxylic acid groups (broad SMARTS) is 2. The van der Waals surface area contributed by atoms with Gasteiger partial charge in [-0.25, -0.2) is 9.59 Å². The molecule has 0 fully saturated rings. The number of anilines is 1. The zero-order chi connectivity index (χ0) is 13.6. The van der Waals surface area contributed by atoms with Crippen LogP contribution in [0.2, 0.25) is 0 Å². The van der Waals surface area contributed by atoms with Crippen LogP contribution in [-0.4, -0.2) is 35.1 Å². The van der Waals surface area contributed by atoms with Crippen LogP contribution in [0.25, 0.3) is 0 Å². The minimum absolute atomic E-state index is 0.147. The largest absolute Gasteiger partial charge is 0.473 e. The molecule has 0 radical (unpaired) electrons. The summed E-state index contributed by atoms with van der Waals surface area (Å²) in [5.41, 5.74) is 5.75. The van der Waals surface area contributed by atoms with Crippen LogP contribution in [0.1, 0.15) is 0 Å². The summed E-state index contributed by atoms with van der Waals surface area (Å²) in [6, 6.07) is 5.29. The average Bonchev–Trinajstić information content (AvgIpc) is 2.17. The first kappa shape index (κ1) is 14.9. The van der Waals surface area contributed by atoms with Gasteiger partial charge in [0.15, 0.2) is 0 Å². The number of nitrogens with two attached hydrogens (primary N) is 1. The van der Waals surface area contributed by atoms with E-state index in [1.54, 1.807) is 0 Å². The fourth-order valence-electron chi connectivity index (χ4n) is 0.640. The van der Waals surface area contributed by atoms with E-state index in [1.165, 1.54) is 24.3 Å². The normalized spacial score (nSPS) is 9.94. The zero-order valence-electron chi connectivity index (χ0n) is 8.27. The molecule has 0 spiro atoms. The van der Waals surface area contributed by atoms with Gasteiger partial charge >= 0.3 is 11.9 Å². The summed E-state index contributed by atoms with van der Waals surface area (Å²) in [6.45, 7) is 0. The van der Waals surface area contributed by atoms with Crippen molar-refractivity contribution < 1.29 is 32.8 Å². The molecule has 1 aromatic rings. The number of hydrogen-bond acceptors (Lipinski definition) is 5. The maximum Gasteiger partial charge on any atom is 0.414 e. The molecule has 0 aliphatic carbocycles. The predicted octanol–water partition coefficient (Wildman–Crippen LogP) is -0.329. The molecule has 0 amide bonds. The molecule has 9 heteroatoms. The van der Waals surface area contributed by atoms with Crippen LogP contribution in [-0.2, 0) is 19.7 Å². The minimum Gasteiger partial charge on any atom is -0.473 e. The first-order valence-electron chi connectivity index (χ1n) is 3.94. The van der Waals surface area contributed by atoms with Gasteiger partial charge in [0.25, 0.3) is 10.1 Å². The van der Waals surface area contributed by atoms with Gasteiger partial charge in [-0.1, -0.05) is 0 Å². The van der Waals surface area contributed by atoms with Gasteiger partial charge in [-0.05, 0) is 24.3 Å². The first-order chi connectivity index (χ1) is 7.64. The number of aliphatic carboxylic acids is 2. The molecule has 0 aliphatic rings. The lowest BCUT2D eigenvalue weighted by Gasteiger charge is -1.95. The number of nitrogen functional groups attached to an aromatic ring is 1. The highest BCUT2D eigenvalue weighted by Crippen LogP contribution is 2.10. The van der Waals surface area contributed by atoms with E-state index in [1.807, 2.05) is 0 Å². The Morgan fingerprint density at radius 1 is 1.00 bits per heavy atom. The van der Waals surface area contributed by atoms with E-state index < -0.39 is 22.1 Å². The molecule has 5 N–H and O–H groups in total. The lowest BCUT2D eigenvalue weighted by atomic mass is 10.3. The summed E-state index contributed by atoms with van der Waals surface area (Å²) in [7, 11) is -4.08. The summed E-state index contributed by atoms with van der Waals surface area (Å²) in [5, 5.41) is 14.8. The lowest BCUT2D eigenvalue weighted by Crippen LogP contribution is -2.09. The summed E-state index contributed by atoms with van der Waals surface area (Å²) in [6.07, 6.45) is 0. The van der Waals surface area contributed by atoms with Crippen molar-refractivity contribution >= 4 is 27.7 Å². The molecule has 0 saturated carbocycles. The van der Waals surface area contributed by atoms with Gasteiger partial charge in [-0.2, -0.15) is 8.42 Å². The van der Waals surface area contributed by atoms with Gasteiger partial charge < -0.3 is 15.9 Å². The first-order valence-corrected chi connectivity index (χ1v) is 5.38. The van der Waals surface area contributed by atoms with Gasteiger partial charge in [-0.15, -0.1) is 0 Å². The molecule has 1 aromatic carbocycles. The van der Waals surface area contributed by atoms with Crippen LogP contribution in [0.15, 0.2) is 29.2 Å². The van der Waals surface area contributed by atoms with Gasteiger partial charge in [0.2, 0.25) is 0 Å². The number of benzene rings is 1. The molecule has 94 valence electrons.